The summed E-state index contributed by atoms with van der Waals surface area (Å²) in [5.41, 5.74) is 2.82. The maximum Gasteiger partial charge on any atom is 0.260 e. The summed E-state index contributed by atoms with van der Waals surface area (Å²) in [6.45, 7) is 13.8. The third-order valence-electron chi connectivity index (χ3n) is 4.23. The summed E-state index contributed by atoms with van der Waals surface area (Å²) in [7, 11) is 2.01. The van der Waals surface area contributed by atoms with Crippen molar-refractivity contribution >= 4 is 23.6 Å². The van der Waals surface area contributed by atoms with Crippen molar-refractivity contribution in [2.75, 3.05) is 25.0 Å². The van der Waals surface area contributed by atoms with Gasteiger partial charge in [-0.1, -0.05) is 12.1 Å². The van der Waals surface area contributed by atoms with Gasteiger partial charge in [-0.05, 0) is 50.1 Å². The van der Waals surface area contributed by atoms with Crippen LogP contribution in [-0.2, 0) is 9.59 Å². The van der Waals surface area contributed by atoms with Crippen LogP contribution in [0.5, 0.6) is 0 Å². The second kappa shape index (κ2) is 7.14. The summed E-state index contributed by atoms with van der Waals surface area (Å²) in [5.74, 6) is -0.853. The molecule has 0 atom stereocenters. The van der Waals surface area contributed by atoms with Gasteiger partial charge in [-0.25, -0.2) is 4.85 Å². The first-order valence-corrected chi connectivity index (χ1v) is 7.92. The highest BCUT2D eigenvalue weighted by Crippen LogP contribution is 2.28. The molecule has 5 nitrogen and oxygen atoms in total. The monoisotopic (exact) mass is 323 g/mol. The number of imide groups is 1. The number of carbonyl (C=O) groups excluding carboxylic acids is 2. The number of rotatable bonds is 4. The van der Waals surface area contributed by atoms with Crippen LogP contribution >= 0.6 is 0 Å². The van der Waals surface area contributed by atoms with Gasteiger partial charge in [-0.2, -0.15) is 0 Å². The SMILES string of the molecule is [C-]#[N+]C1=C(C)C(=Cc2ccc(N(C)CC)cc2)C(=O)N(CC)C1=O. The largest absolute Gasteiger partial charge is 0.375 e. The van der Waals surface area contributed by atoms with Crippen molar-refractivity contribution in [1.29, 1.82) is 0 Å². The van der Waals surface area contributed by atoms with Crippen LogP contribution in [0, 0.1) is 6.57 Å². The highest BCUT2D eigenvalue weighted by atomic mass is 16.2. The van der Waals surface area contributed by atoms with E-state index >= 15 is 0 Å². The summed E-state index contributed by atoms with van der Waals surface area (Å²) in [5, 5.41) is 0. The Morgan fingerprint density at radius 2 is 1.79 bits per heavy atom. The van der Waals surface area contributed by atoms with Crippen LogP contribution < -0.4 is 4.90 Å². The molecule has 1 heterocycles. The summed E-state index contributed by atoms with van der Waals surface area (Å²) in [6.07, 6.45) is 1.74. The van der Waals surface area contributed by atoms with Crippen LogP contribution in [0.1, 0.15) is 26.3 Å². The van der Waals surface area contributed by atoms with E-state index in [4.69, 9.17) is 6.57 Å². The average molecular weight is 323 g/mol. The maximum absolute atomic E-state index is 12.6. The molecule has 1 aromatic carbocycles. The lowest BCUT2D eigenvalue weighted by molar-refractivity contribution is -0.140. The topological polar surface area (TPSA) is 45.0 Å². The minimum Gasteiger partial charge on any atom is -0.375 e. The summed E-state index contributed by atoms with van der Waals surface area (Å²) < 4.78 is 0. The molecule has 1 aromatic rings. The van der Waals surface area contributed by atoms with Crippen LogP contribution in [0.25, 0.3) is 10.9 Å². The van der Waals surface area contributed by atoms with Crippen LogP contribution in [0.2, 0.25) is 0 Å². The fraction of sp³-hybridized carbons (Fsp3) is 0.316. The van der Waals surface area contributed by atoms with Gasteiger partial charge in [0.05, 0.1) is 6.57 Å². The first-order chi connectivity index (χ1) is 11.4. The average Bonchev–Trinajstić information content (AvgIpc) is 2.59. The maximum atomic E-state index is 12.6. The van der Waals surface area contributed by atoms with E-state index in [0.29, 0.717) is 11.1 Å². The van der Waals surface area contributed by atoms with Gasteiger partial charge in [0.15, 0.2) is 0 Å². The molecule has 124 valence electrons. The van der Waals surface area contributed by atoms with Gasteiger partial charge in [-0.3, -0.25) is 14.5 Å². The molecule has 0 aromatic heterocycles. The molecule has 0 N–H and O–H groups in total. The standard InChI is InChI=1S/C19H21N3O2/c1-6-21(5)15-10-8-14(9-11-15)12-16-13(3)17(20-4)19(24)22(7-2)18(16)23/h8-12H,6-7H2,1-3,5H3. The lowest BCUT2D eigenvalue weighted by atomic mass is 9.96. The predicted octanol–water partition coefficient (Wildman–Crippen LogP) is 3.11. The van der Waals surface area contributed by atoms with E-state index < -0.39 is 5.91 Å². The Kier molecular flexibility index (Phi) is 5.20. The molecular formula is C19H21N3O2. The van der Waals surface area contributed by atoms with Crippen molar-refractivity contribution in [1.82, 2.24) is 4.90 Å². The number of hydrogen-bond donors (Lipinski definition) is 0. The van der Waals surface area contributed by atoms with E-state index in [2.05, 4.69) is 16.7 Å². The van der Waals surface area contributed by atoms with E-state index in [0.717, 1.165) is 22.7 Å². The van der Waals surface area contributed by atoms with Gasteiger partial charge >= 0.3 is 0 Å². The Morgan fingerprint density at radius 3 is 2.29 bits per heavy atom. The first-order valence-electron chi connectivity index (χ1n) is 7.92. The number of benzene rings is 1. The predicted molar refractivity (Wildman–Crippen MR) is 95.1 cm³/mol. The van der Waals surface area contributed by atoms with E-state index in [1.54, 1.807) is 19.9 Å². The Hall–Kier alpha value is -2.87. The Morgan fingerprint density at radius 1 is 1.17 bits per heavy atom. The number of hydrogen-bond acceptors (Lipinski definition) is 3. The number of anilines is 1. The smallest absolute Gasteiger partial charge is 0.260 e. The van der Waals surface area contributed by atoms with Gasteiger partial charge in [0.2, 0.25) is 0 Å². The van der Waals surface area contributed by atoms with Crippen LogP contribution in [0.15, 0.2) is 41.1 Å². The fourth-order valence-electron chi connectivity index (χ4n) is 2.58. The number of amides is 2. The number of carbonyl (C=O) groups is 2. The molecule has 0 fully saturated rings. The third kappa shape index (κ3) is 3.09. The lowest BCUT2D eigenvalue weighted by Gasteiger charge is -2.26. The zero-order chi connectivity index (χ0) is 17.9. The molecule has 0 unspecified atom stereocenters. The van der Waals surface area contributed by atoms with Crippen molar-refractivity contribution < 1.29 is 9.59 Å². The quantitative estimate of drug-likeness (QED) is 0.486. The van der Waals surface area contributed by atoms with Crippen molar-refractivity contribution in [2.24, 2.45) is 0 Å². The molecule has 0 saturated carbocycles. The zero-order valence-corrected chi connectivity index (χ0v) is 14.5. The molecule has 0 saturated heterocycles. The first kappa shape index (κ1) is 17.5. The molecule has 0 aliphatic carbocycles. The third-order valence-corrected chi connectivity index (χ3v) is 4.23. The van der Waals surface area contributed by atoms with Crippen molar-refractivity contribution in [2.45, 2.75) is 20.8 Å². The second-order valence-corrected chi connectivity index (χ2v) is 5.60. The summed E-state index contributed by atoms with van der Waals surface area (Å²) in [6, 6.07) is 7.83. The molecule has 1 aliphatic rings. The van der Waals surface area contributed by atoms with Crippen molar-refractivity contribution in [3.63, 3.8) is 0 Å². The summed E-state index contributed by atoms with van der Waals surface area (Å²) >= 11 is 0. The highest BCUT2D eigenvalue weighted by Gasteiger charge is 2.34. The van der Waals surface area contributed by atoms with E-state index in [-0.39, 0.29) is 18.1 Å². The van der Waals surface area contributed by atoms with Crippen LogP contribution in [0.4, 0.5) is 5.69 Å². The Labute approximate surface area is 142 Å². The minimum atomic E-state index is -0.507. The molecule has 0 spiro atoms. The second-order valence-electron chi connectivity index (χ2n) is 5.60. The summed E-state index contributed by atoms with van der Waals surface area (Å²) in [4.78, 5) is 31.3. The molecule has 1 aliphatic heterocycles. The molecule has 24 heavy (non-hydrogen) atoms. The van der Waals surface area contributed by atoms with Crippen molar-refractivity contribution in [3.8, 4) is 0 Å². The van der Waals surface area contributed by atoms with Crippen molar-refractivity contribution in [3.05, 3.63) is 58.1 Å². The Bertz CT molecular complexity index is 767. The molecule has 0 bridgehead atoms. The van der Waals surface area contributed by atoms with Gasteiger partial charge in [0, 0.05) is 31.4 Å². The van der Waals surface area contributed by atoms with Crippen LogP contribution in [-0.4, -0.2) is 36.9 Å². The lowest BCUT2D eigenvalue weighted by Crippen LogP contribution is -2.42. The fourth-order valence-corrected chi connectivity index (χ4v) is 2.58. The zero-order valence-electron chi connectivity index (χ0n) is 14.5. The highest BCUT2D eigenvalue weighted by molar-refractivity contribution is 6.18. The number of likely N-dealkylation sites (N-methyl/N-ethyl adjacent to an activating group) is 1. The molecule has 2 rings (SSSR count). The van der Waals surface area contributed by atoms with E-state index in [1.807, 2.05) is 31.3 Å². The molecular weight excluding hydrogens is 302 g/mol. The molecule has 0 radical (unpaired) electrons. The minimum absolute atomic E-state index is 0.0186. The van der Waals surface area contributed by atoms with E-state index in [1.165, 1.54) is 0 Å². The van der Waals surface area contributed by atoms with Gasteiger partial charge in [0.25, 0.3) is 17.5 Å². The number of nitrogens with zero attached hydrogens (tertiary/aromatic N) is 3. The van der Waals surface area contributed by atoms with E-state index in [9.17, 15) is 9.59 Å². The molecule has 5 heteroatoms. The van der Waals surface area contributed by atoms with Crippen LogP contribution in [0.3, 0.4) is 0 Å². The van der Waals surface area contributed by atoms with Gasteiger partial charge in [-0.15, -0.1) is 0 Å². The van der Waals surface area contributed by atoms with Gasteiger partial charge < -0.3 is 4.90 Å². The van der Waals surface area contributed by atoms with Gasteiger partial charge in [0.1, 0.15) is 0 Å². The normalized spacial score (nSPS) is 16.6. The molecule has 2 amide bonds. The Balaban J connectivity index is 2.47.